The van der Waals surface area contributed by atoms with Gasteiger partial charge in [0.15, 0.2) is 0 Å². The zero-order valence-corrected chi connectivity index (χ0v) is 23.8. The van der Waals surface area contributed by atoms with Crippen molar-refractivity contribution >= 4 is 16.7 Å². The molecule has 2 nitrogen and oxygen atoms in total. The molecule has 0 spiro atoms. The number of rotatable bonds is 5. The van der Waals surface area contributed by atoms with Gasteiger partial charge < -0.3 is 4.98 Å². The summed E-state index contributed by atoms with van der Waals surface area (Å²) in [6.45, 7) is 14.6. The maximum absolute atomic E-state index is 13.9. The molecule has 3 fully saturated rings. The van der Waals surface area contributed by atoms with Gasteiger partial charge in [0.25, 0.3) is 0 Å². The van der Waals surface area contributed by atoms with E-state index in [1.54, 1.807) is 0 Å². The van der Waals surface area contributed by atoms with Crippen molar-refractivity contribution in [2.45, 2.75) is 106 Å². The van der Waals surface area contributed by atoms with Crippen molar-refractivity contribution < 1.29 is 4.79 Å². The van der Waals surface area contributed by atoms with E-state index in [1.165, 1.54) is 72.7 Å². The third-order valence-corrected chi connectivity index (χ3v) is 12.2. The van der Waals surface area contributed by atoms with Gasteiger partial charge in [0.1, 0.15) is 5.78 Å². The van der Waals surface area contributed by atoms with Crippen LogP contribution in [0.15, 0.2) is 18.2 Å². The standard InChI is InChI=1S/C34H49NO/c1-20(2)8-7-9-22(4)26-11-12-27-24-17-32(36)29-18-31-25(23-16-21(3)10-13-30(23)35-31)19-34(29,6)28(24)14-15-33(26,27)5/h10,13,16,20,22,24,26-29,35H,7-9,11-12,14-15,17-19H2,1-6H3. The smallest absolute Gasteiger partial charge is 0.137 e. The van der Waals surface area contributed by atoms with Gasteiger partial charge in [-0.05, 0) is 109 Å². The molecule has 0 aliphatic heterocycles. The number of aromatic amines is 1. The number of hydrogen-bond acceptors (Lipinski definition) is 1. The van der Waals surface area contributed by atoms with Crippen molar-refractivity contribution in [2.24, 2.45) is 52.3 Å². The lowest BCUT2D eigenvalue weighted by Crippen LogP contribution is -2.57. The minimum absolute atomic E-state index is 0.119. The van der Waals surface area contributed by atoms with Crippen LogP contribution < -0.4 is 0 Å². The number of H-pyrrole nitrogens is 1. The third-order valence-electron chi connectivity index (χ3n) is 12.2. The number of carbonyl (C=O) groups excluding carboxylic acids is 1. The minimum Gasteiger partial charge on any atom is -0.358 e. The SMILES string of the molecule is Cc1ccc2[nH]c3c(c2c1)CC1(C)C(C3)C(=O)CC2C1CCC1(C)C(C(C)CCCC(C)C)CCC21. The van der Waals surface area contributed by atoms with Crippen molar-refractivity contribution in [3.05, 3.63) is 35.0 Å². The lowest BCUT2D eigenvalue weighted by atomic mass is 9.44. The number of carbonyl (C=O) groups is 1. The Labute approximate surface area is 219 Å². The molecule has 4 aliphatic rings. The molecule has 196 valence electrons. The molecule has 0 saturated heterocycles. The van der Waals surface area contributed by atoms with E-state index in [0.29, 0.717) is 23.0 Å². The summed E-state index contributed by atoms with van der Waals surface area (Å²) in [4.78, 5) is 17.6. The molecule has 8 atom stereocenters. The van der Waals surface area contributed by atoms with Crippen molar-refractivity contribution in [1.82, 2.24) is 4.98 Å². The number of nitrogens with one attached hydrogen (secondary N) is 1. The van der Waals surface area contributed by atoms with E-state index in [1.807, 2.05) is 0 Å². The second-order valence-electron chi connectivity index (χ2n) is 14.6. The third kappa shape index (κ3) is 3.67. The van der Waals surface area contributed by atoms with E-state index in [0.717, 1.165) is 42.9 Å². The van der Waals surface area contributed by atoms with Crippen molar-refractivity contribution in [3.8, 4) is 0 Å². The molecule has 4 aliphatic carbocycles. The van der Waals surface area contributed by atoms with Gasteiger partial charge in [-0.3, -0.25) is 4.79 Å². The Bertz CT molecular complexity index is 1160. The van der Waals surface area contributed by atoms with Crippen molar-refractivity contribution in [2.75, 3.05) is 0 Å². The number of ketones is 1. The largest absolute Gasteiger partial charge is 0.358 e. The fraction of sp³-hybridized carbons (Fsp3) is 0.735. The molecule has 2 aromatic rings. The van der Waals surface area contributed by atoms with Crippen LogP contribution >= 0.6 is 0 Å². The molecule has 36 heavy (non-hydrogen) atoms. The average Bonchev–Trinajstić information content (AvgIpc) is 3.34. The normalized spacial score (nSPS) is 38.5. The Morgan fingerprint density at radius 1 is 1.00 bits per heavy atom. The zero-order chi connectivity index (χ0) is 25.4. The van der Waals surface area contributed by atoms with Crippen LogP contribution in [-0.2, 0) is 17.6 Å². The van der Waals surface area contributed by atoms with E-state index in [4.69, 9.17) is 0 Å². The van der Waals surface area contributed by atoms with Gasteiger partial charge in [-0.15, -0.1) is 0 Å². The summed E-state index contributed by atoms with van der Waals surface area (Å²) in [5, 5.41) is 1.41. The number of aryl methyl sites for hydroxylation is 1. The van der Waals surface area contributed by atoms with E-state index in [9.17, 15) is 4.79 Å². The summed E-state index contributed by atoms with van der Waals surface area (Å²) in [7, 11) is 0. The first kappa shape index (κ1) is 24.7. The first-order valence-corrected chi connectivity index (χ1v) is 15.2. The molecule has 1 N–H and O–H groups in total. The maximum atomic E-state index is 13.9. The Morgan fingerprint density at radius 2 is 1.78 bits per heavy atom. The molecule has 1 aromatic heterocycles. The van der Waals surface area contributed by atoms with Crippen molar-refractivity contribution in [3.63, 3.8) is 0 Å². The van der Waals surface area contributed by atoms with Crippen LogP contribution in [0.3, 0.4) is 0 Å². The molecule has 8 unspecified atom stereocenters. The Balaban J connectivity index is 1.28. The highest BCUT2D eigenvalue weighted by atomic mass is 16.1. The molecule has 0 bridgehead atoms. The van der Waals surface area contributed by atoms with Crippen LogP contribution in [0.2, 0.25) is 0 Å². The van der Waals surface area contributed by atoms with Crippen LogP contribution in [0.4, 0.5) is 0 Å². The fourth-order valence-corrected chi connectivity index (χ4v) is 10.4. The summed E-state index contributed by atoms with van der Waals surface area (Å²) in [5.41, 5.74) is 6.03. The van der Waals surface area contributed by atoms with Gasteiger partial charge in [0, 0.05) is 28.9 Å². The predicted molar refractivity (Wildman–Crippen MR) is 150 cm³/mol. The van der Waals surface area contributed by atoms with E-state index in [2.05, 4.69) is 64.7 Å². The summed E-state index contributed by atoms with van der Waals surface area (Å²) >= 11 is 0. The molecule has 0 amide bonds. The van der Waals surface area contributed by atoms with Crippen LogP contribution in [0, 0.1) is 59.2 Å². The second-order valence-corrected chi connectivity index (χ2v) is 14.6. The first-order chi connectivity index (χ1) is 17.1. The highest BCUT2D eigenvalue weighted by Crippen LogP contribution is 2.67. The lowest BCUT2D eigenvalue weighted by molar-refractivity contribution is -0.150. The molecule has 6 rings (SSSR count). The van der Waals surface area contributed by atoms with Crippen LogP contribution in [0.5, 0.6) is 0 Å². The van der Waals surface area contributed by atoms with Gasteiger partial charge in [-0.1, -0.05) is 65.5 Å². The predicted octanol–water partition coefficient (Wildman–Crippen LogP) is 8.69. The average molecular weight is 488 g/mol. The number of fused-ring (bicyclic) bond motifs is 8. The van der Waals surface area contributed by atoms with Crippen LogP contribution in [0.25, 0.3) is 10.9 Å². The van der Waals surface area contributed by atoms with E-state index < -0.39 is 0 Å². The Kier molecular flexibility index (Phi) is 6.01. The topological polar surface area (TPSA) is 32.9 Å². The molecule has 0 radical (unpaired) electrons. The molecule has 3 saturated carbocycles. The van der Waals surface area contributed by atoms with Gasteiger partial charge in [-0.25, -0.2) is 0 Å². The van der Waals surface area contributed by atoms with Gasteiger partial charge in [0.05, 0.1) is 0 Å². The van der Waals surface area contributed by atoms with Crippen molar-refractivity contribution in [1.29, 1.82) is 0 Å². The molecule has 2 heteroatoms. The number of hydrogen-bond donors (Lipinski definition) is 1. The number of aromatic nitrogens is 1. The van der Waals surface area contributed by atoms with Gasteiger partial charge in [0.2, 0.25) is 0 Å². The van der Waals surface area contributed by atoms with Crippen LogP contribution in [0.1, 0.15) is 103 Å². The highest BCUT2D eigenvalue weighted by Gasteiger charge is 2.62. The van der Waals surface area contributed by atoms with Gasteiger partial charge in [-0.2, -0.15) is 0 Å². The van der Waals surface area contributed by atoms with Gasteiger partial charge >= 0.3 is 0 Å². The highest BCUT2D eigenvalue weighted by molar-refractivity contribution is 5.88. The zero-order valence-electron chi connectivity index (χ0n) is 23.8. The summed E-state index contributed by atoms with van der Waals surface area (Å²) in [5.74, 6) is 5.35. The van der Waals surface area contributed by atoms with Crippen LogP contribution in [-0.4, -0.2) is 10.8 Å². The maximum Gasteiger partial charge on any atom is 0.137 e. The van der Waals surface area contributed by atoms with E-state index in [-0.39, 0.29) is 11.3 Å². The minimum atomic E-state index is 0.119. The summed E-state index contributed by atoms with van der Waals surface area (Å²) in [6.07, 6.45) is 12.5. The summed E-state index contributed by atoms with van der Waals surface area (Å²) in [6, 6.07) is 6.83. The lowest BCUT2D eigenvalue weighted by Gasteiger charge is -2.60. The number of Topliss-reactive ketones (excluding diaryl/α,β-unsaturated/α-hetero) is 1. The molecule has 1 heterocycles. The molecular formula is C34H49NO. The molecular weight excluding hydrogens is 438 g/mol. The quantitative estimate of drug-likeness (QED) is 0.449. The number of benzene rings is 1. The monoisotopic (exact) mass is 487 g/mol. The first-order valence-electron chi connectivity index (χ1n) is 15.2. The Hall–Kier alpha value is -1.57. The molecule has 1 aromatic carbocycles. The fourth-order valence-electron chi connectivity index (χ4n) is 10.4. The van der Waals surface area contributed by atoms with E-state index >= 15 is 0 Å². The second kappa shape index (κ2) is 8.74. The summed E-state index contributed by atoms with van der Waals surface area (Å²) < 4.78 is 0. The Morgan fingerprint density at radius 3 is 2.56 bits per heavy atom.